The van der Waals surface area contributed by atoms with E-state index in [1.54, 1.807) is 12.4 Å². The molecule has 0 bridgehead atoms. The summed E-state index contributed by atoms with van der Waals surface area (Å²) in [7, 11) is 1.94. The third-order valence-corrected chi connectivity index (χ3v) is 2.68. The third-order valence-electron chi connectivity index (χ3n) is 2.68. The highest BCUT2D eigenvalue weighted by Gasteiger charge is 2.11. The van der Waals surface area contributed by atoms with Gasteiger partial charge in [0, 0.05) is 7.05 Å². The van der Waals surface area contributed by atoms with Crippen LogP contribution in [0.25, 0.3) is 17.1 Å². The summed E-state index contributed by atoms with van der Waals surface area (Å²) in [6.07, 6.45) is 4.92. The van der Waals surface area contributed by atoms with E-state index in [0.29, 0.717) is 5.70 Å². The molecule has 0 saturated carbocycles. The predicted molar refractivity (Wildman–Crippen MR) is 65.3 cm³/mol. The Hall–Kier alpha value is -2.43. The first-order valence-electron chi connectivity index (χ1n) is 5.20. The zero-order valence-corrected chi connectivity index (χ0v) is 9.21. The van der Waals surface area contributed by atoms with Crippen LogP contribution in [0.5, 0.6) is 0 Å². The highest BCUT2D eigenvalue weighted by molar-refractivity contribution is 6.08. The van der Waals surface area contributed by atoms with Crippen molar-refractivity contribution in [2.75, 3.05) is 0 Å². The van der Waals surface area contributed by atoms with E-state index in [1.807, 2.05) is 29.8 Å². The van der Waals surface area contributed by atoms with Gasteiger partial charge in [-0.3, -0.25) is 4.79 Å². The average Bonchev–Trinajstić information content (AvgIpc) is 2.88. The molecule has 0 spiro atoms. The first-order chi connectivity index (χ1) is 8.24. The number of fused-ring (bicyclic) bond motifs is 1. The summed E-state index contributed by atoms with van der Waals surface area (Å²) in [5.74, 6) is -0.171. The Balaban J connectivity index is 2.09. The lowest BCUT2D eigenvalue weighted by Gasteiger charge is -1.97. The molecule has 1 aliphatic heterocycles. The number of carbonyl (C=O) groups excluding carboxylic acids is 1. The van der Waals surface area contributed by atoms with Crippen LogP contribution in [0.3, 0.4) is 0 Å². The molecule has 5 heteroatoms. The molecule has 2 aromatic rings. The molecule has 0 unspecified atom stereocenters. The maximum atomic E-state index is 11.3. The van der Waals surface area contributed by atoms with Crippen LogP contribution in [-0.2, 0) is 11.8 Å². The number of carbonyl (C=O) groups is 1. The number of aliphatic imine (C=N–C) groups is 1. The summed E-state index contributed by atoms with van der Waals surface area (Å²) < 4.78 is 1.94. The van der Waals surface area contributed by atoms with E-state index in [0.717, 1.165) is 16.6 Å². The van der Waals surface area contributed by atoms with Crippen LogP contribution in [0.1, 0.15) is 5.56 Å². The minimum atomic E-state index is -0.171. The second-order valence-electron chi connectivity index (χ2n) is 3.86. The summed E-state index contributed by atoms with van der Waals surface area (Å²) >= 11 is 0. The molecule has 0 saturated heterocycles. The van der Waals surface area contributed by atoms with Crippen molar-refractivity contribution in [1.82, 2.24) is 14.9 Å². The molecule has 1 N–H and O–H groups in total. The Labute approximate surface area is 97.5 Å². The van der Waals surface area contributed by atoms with Crippen molar-refractivity contribution in [2.45, 2.75) is 0 Å². The second-order valence-corrected chi connectivity index (χ2v) is 3.86. The summed E-state index contributed by atoms with van der Waals surface area (Å²) in [6.45, 7) is 0. The summed E-state index contributed by atoms with van der Waals surface area (Å²) in [4.78, 5) is 19.5. The Kier molecular flexibility index (Phi) is 2.04. The number of imidazole rings is 1. The molecular formula is C12H10N4O. The molecule has 3 rings (SSSR count). The standard InChI is InChI=1S/C12H10N4O/c1-16-7-15-9-3-2-8(5-11(9)16)4-10-12(17)14-6-13-10/h2-7H,1H3,(H,13,14,17). The Bertz CT molecular complexity index is 666. The maximum Gasteiger partial charge on any atom is 0.275 e. The first kappa shape index (κ1) is 9.77. The summed E-state index contributed by atoms with van der Waals surface area (Å²) in [5.41, 5.74) is 3.33. The van der Waals surface area contributed by atoms with E-state index in [2.05, 4.69) is 15.3 Å². The number of rotatable bonds is 1. The molecule has 2 heterocycles. The van der Waals surface area contributed by atoms with Crippen LogP contribution in [0.4, 0.5) is 0 Å². The first-order valence-corrected chi connectivity index (χ1v) is 5.20. The number of hydrogen-bond acceptors (Lipinski definition) is 3. The minimum Gasteiger partial charge on any atom is -0.334 e. The zero-order chi connectivity index (χ0) is 11.8. The van der Waals surface area contributed by atoms with Gasteiger partial charge >= 0.3 is 0 Å². The molecule has 5 nitrogen and oxygen atoms in total. The molecule has 1 aromatic carbocycles. The van der Waals surface area contributed by atoms with E-state index in [4.69, 9.17) is 0 Å². The minimum absolute atomic E-state index is 0.171. The van der Waals surface area contributed by atoms with Gasteiger partial charge in [0.1, 0.15) is 5.70 Å². The van der Waals surface area contributed by atoms with Crippen LogP contribution < -0.4 is 5.32 Å². The van der Waals surface area contributed by atoms with Gasteiger partial charge in [0.25, 0.3) is 5.91 Å². The highest BCUT2D eigenvalue weighted by Crippen LogP contribution is 2.17. The predicted octanol–water partition coefficient (Wildman–Crippen LogP) is 1.07. The molecule has 1 aliphatic rings. The number of nitrogens with one attached hydrogen (secondary N) is 1. The van der Waals surface area contributed by atoms with E-state index < -0.39 is 0 Å². The van der Waals surface area contributed by atoms with Gasteiger partial charge in [-0.05, 0) is 23.8 Å². The lowest BCUT2D eigenvalue weighted by molar-refractivity contribution is -0.115. The molecule has 1 amide bonds. The number of benzene rings is 1. The van der Waals surface area contributed by atoms with Crippen molar-refractivity contribution in [3.05, 3.63) is 35.8 Å². The van der Waals surface area contributed by atoms with Crippen LogP contribution in [0, 0.1) is 0 Å². The largest absolute Gasteiger partial charge is 0.334 e. The van der Waals surface area contributed by atoms with Gasteiger partial charge in [-0.1, -0.05) is 6.07 Å². The van der Waals surface area contributed by atoms with Crippen LogP contribution in [-0.4, -0.2) is 21.8 Å². The molecular weight excluding hydrogens is 216 g/mol. The van der Waals surface area contributed by atoms with Crippen molar-refractivity contribution in [2.24, 2.45) is 12.0 Å². The van der Waals surface area contributed by atoms with Gasteiger partial charge in [-0.15, -0.1) is 0 Å². The molecule has 0 radical (unpaired) electrons. The summed E-state index contributed by atoms with van der Waals surface area (Å²) in [6, 6.07) is 5.83. The van der Waals surface area contributed by atoms with E-state index >= 15 is 0 Å². The lowest BCUT2D eigenvalue weighted by atomic mass is 10.1. The monoisotopic (exact) mass is 226 g/mol. The fraction of sp³-hybridized carbons (Fsp3) is 0.0833. The van der Waals surface area contributed by atoms with Gasteiger partial charge in [-0.25, -0.2) is 9.98 Å². The smallest absolute Gasteiger partial charge is 0.275 e. The second kappa shape index (κ2) is 3.55. The van der Waals surface area contributed by atoms with Crippen LogP contribution in [0.15, 0.2) is 35.2 Å². The van der Waals surface area contributed by atoms with Gasteiger partial charge < -0.3 is 9.88 Å². The molecule has 0 atom stereocenters. The molecule has 17 heavy (non-hydrogen) atoms. The molecule has 0 aliphatic carbocycles. The number of nitrogens with zero attached hydrogens (tertiary/aromatic N) is 3. The molecule has 84 valence electrons. The SMILES string of the molecule is Cn1cnc2ccc(C=C3N=CNC3=O)cc21. The molecule has 1 aromatic heterocycles. The number of amides is 1. The summed E-state index contributed by atoms with van der Waals surface area (Å²) in [5, 5.41) is 2.52. The lowest BCUT2D eigenvalue weighted by Crippen LogP contribution is -2.14. The van der Waals surface area contributed by atoms with Gasteiger partial charge in [0.15, 0.2) is 0 Å². The van der Waals surface area contributed by atoms with Crippen molar-refractivity contribution in [1.29, 1.82) is 0 Å². The maximum absolute atomic E-state index is 11.3. The van der Waals surface area contributed by atoms with E-state index in [1.165, 1.54) is 6.34 Å². The number of aryl methyl sites for hydroxylation is 1. The van der Waals surface area contributed by atoms with Crippen LogP contribution >= 0.6 is 0 Å². The fourth-order valence-corrected chi connectivity index (χ4v) is 1.79. The number of hydrogen-bond donors (Lipinski definition) is 1. The Morgan fingerprint density at radius 2 is 2.29 bits per heavy atom. The van der Waals surface area contributed by atoms with Crippen molar-refractivity contribution < 1.29 is 4.79 Å². The van der Waals surface area contributed by atoms with E-state index in [-0.39, 0.29) is 5.91 Å². The van der Waals surface area contributed by atoms with Crippen molar-refractivity contribution in [3.8, 4) is 0 Å². The van der Waals surface area contributed by atoms with Crippen molar-refractivity contribution in [3.63, 3.8) is 0 Å². The topological polar surface area (TPSA) is 59.3 Å². The van der Waals surface area contributed by atoms with Crippen molar-refractivity contribution >= 4 is 29.4 Å². The fourth-order valence-electron chi connectivity index (χ4n) is 1.79. The average molecular weight is 226 g/mol. The number of aromatic nitrogens is 2. The van der Waals surface area contributed by atoms with Gasteiger partial charge in [0.05, 0.1) is 23.7 Å². The third kappa shape index (κ3) is 1.61. The quantitative estimate of drug-likeness (QED) is 0.739. The normalized spacial score (nSPS) is 17.0. The highest BCUT2D eigenvalue weighted by atomic mass is 16.2. The van der Waals surface area contributed by atoms with E-state index in [9.17, 15) is 4.79 Å². The van der Waals surface area contributed by atoms with Gasteiger partial charge in [0.2, 0.25) is 0 Å². The zero-order valence-electron chi connectivity index (χ0n) is 9.21. The Morgan fingerprint density at radius 3 is 3.06 bits per heavy atom. The molecule has 0 fully saturated rings. The van der Waals surface area contributed by atoms with Gasteiger partial charge in [-0.2, -0.15) is 0 Å². The Morgan fingerprint density at radius 1 is 1.41 bits per heavy atom. The van der Waals surface area contributed by atoms with Crippen LogP contribution in [0.2, 0.25) is 0 Å².